The van der Waals surface area contributed by atoms with E-state index in [1.54, 1.807) is 18.7 Å². The number of benzene rings is 3. The average molecular weight is 550 g/mol. The maximum Gasteiger partial charge on any atom is 0.196 e. The van der Waals surface area contributed by atoms with Crippen LogP contribution in [0.4, 0.5) is 5.69 Å². The monoisotopic (exact) mass is 548 g/mol. The number of piperazine rings is 1. The zero-order chi connectivity index (χ0) is 24.0. The first-order chi connectivity index (χ1) is 16.5. The van der Waals surface area contributed by atoms with E-state index in [1.807, 2.05) is 89.6 Å². The number of rotatable bonds is 7. The lowest BCUT2D eigenvalue weighted by Crippen LogP contribution is -2.44. The minimum atomic E-state index is -3.19. The maximum absolute atomic E-state index is 14.5. The highest BCUT2D eigenvalue weighted by molar-refractivity contribution is 7.68. The van der Waals surface area contributed by atoms with E-state index in [0.29, 0.717) is 36.2 Å². The topological polar surface area (TPSA) is 32.8 Å². The third-order valence-corrected chi connectivity index (χ3v) is 9.32. The number of nitrogens with zero attached hydrogens (tertiary/aromatic N) is 2. The fourth-order valence-corrected chi connectivity index (χ4v) is 7.25. The van der Waals surface area contributed by atoms with Crippen molar-refractivity contribution in [3.8, 4) is 5.75 Å². The summed E-state index contributed by atoms with van der Waals surface area (Å²) in [4.78, 5) is 2.25. The summed E-state index contributed by atoms with van der Waals surface area (Å²) < 4.78 is 22.0. The number of methoxy groups -OCH3 is 1. The molecule has 0 bridgehead atoms. The quantitative estimate of drug-likeness (QED) is 0.280. The van der Waals surface area contributed by atoms with Gasteiger partial charge < -0.3 is 9.64 Å². The van der Waals surface area contributed by atoms with Crippen LogP contribution in [0.1, 0.15) is 11.1 Å². The van der Waals surface area contributed by atoms with Gasteiger partial charge in [0.25, 0.3) is 0 Å². The van der Waals surface area contributed by atoms with Gasteiger partial charge in [0, 0.05) is 37.8 Å². The van der Waals surface area contributed by atoms with Gasteiger partial charge in [0.2, 0.25) is 0 Å². The van der Waals surface area contributed by atoms with E-state index in [1.165, 1.54) is 0 Å². The van der Waals surface area contributed by atoms with E-state index in [-0.39, 0.29) is 12.4 Å². The molecule has 0 aromatic heterocycles. The first-order valence-electron chi connectivity index (χ1n) is 11.1. The van der Waals surface area contributed by atoms with E-state index in [2.05, 4.69) is 4.90 Å². The van der Waals surface area contributed by atoms with Crippen molar-refractivity contribution in [1.29, 1.82) is 0 Å². The lowest BCUT2D eigenvalue weighted by atomic mass is 10.2. The van der Waals surface area contributed by atoms with Gasteiger partial charge in [0.05, 0.1) is 22.9 Å². The van der Waals surface area contributed by atoms with Crippen molar-refractivity contribution in [2.75, 3.05) is 38.2 Å². The largest absolute Gasteiger partial charge is 0.495 e. The summed E-state index contributed by atoms with van der Waals surface area (Å²) in [5, 5.41) is 0.898. The van der Waals surface area contributed by atoms with Crippen molar-refractivity contribution in [2.24, 2.45) is 0 Å². The molecule has 4 nitrogen and oxygen atoms in total. The molecule has 1 unspecified atom stereocenters. The van der Waals surface area contributed by atoms with E-state index in [0.717, 1.165) is 22.6 Å². The first kappa shape index (κ1) is 27.4. The second-order valence-electron chi connectivity index (χ2n) is 7.97. The van der Waals surface area contributed by atoms with Crippen LogP contribution in [-0.4, -0.2) is 38.0 Å². The third-order valence-electron chi connectivity index (χ3n) is 5.82. The first-order valence-corrected chi connectivity index (χ1v) is 13.7. The average Bonchev–Trinajstić information content (AvgIpc) is 2.89. The molecule has 0 radical (unpaired) electrons. The molecule has 1 aliphatic rings. The Hall–Kier alpha value is -2.20. The molecule has 35 heavy (non-hydrogen) atoms. The lowest BCUT2D eigenvalue weighted by Gasteiger charge is -2.38. The van der Waals surface area contributed by atoms with Gasteiger partial charge in [-0.2, -0.15) is 0 Å². The normalized spacial score (nSPS) is 16.8. The van der Waals surface area contributed by atoms with Crippen molar-refractivity contribution in [3.05, 3.63) is 108 Å². The Kier molecular flexibility index (Phi) is 9.91. The van der Waals surface area contributed by atoms with Crippen LogP contribution < -0.4 is 9.64 Å². The second kappa shape index (κ2) is 12.7. The maximum atomic E-state index is 14.5. The van der Waals surface area contributed by atoms with Gasteiger partial charge in [0.15, 0.2) is 7.29 Å². The fraction of sp³-hybridized carbons (Fsp3) is 0.185. The minimum absolute atomic E-state index is 0. The smallest absolute Gasteiger partial charge is 0.196 e. The van der Waals surface area contributed by atoms with Crippen LogP contribution in [0.15, 0.2) is 96.6 Å². The summed E-state index contributed by atoms with van der Waals surface area (Å²) in [7, 11) is -1.51. The number of ether oxygens (including phenoxy) is 1. The predicted molar refractivity (Wildman–Crippen MR) is 152 cm³/mol. The summed E-state index contributed by atoms with van der Waals surface area (Å²) in [6.07, 6.45) is 0. The van der Waals surface area contributed by atoms with E-state index in [4.69, 9.17) is 27.9 Å². The highest BCUT2D eigenvalue weighted by atomic mass is 35.5. The van der Waals surface area contributed by atoms with Gasteiger partial charge >= 0.3 is 0 Å². The van der Waals surface area contributed by atoms with Gasteiger partial charge in [-0.1, -0.05) is 96.0 Å². The Balaban J connectivity index is 0.00000342. The summed E-state index contributed by atoms with van der Waals surface area (Å²) in [6, 6.07) is 27.1. The number of hydrogen-bond acceptors (Lipinski definition) is 3. The zero-order valence-electron chi connectivity index (χ0n) is 19.4. The molecule has 8 heteroatoms. The van der Waals surface area contributed by atoms with Crippen LogP contribution in [-0.2, 0) is 4.57 Å². The zero-order valence-corrected chi connectivity index (χ0v) is 22.6. The predicted octanol–water partition coefficient (Wildman–Crippen LogP) is 7.99. The summed E-state index contributed by atoms with van der Waals surface area (Å²) in [6.45, 7) is 2.61. The summed E-state index contributed by atoms with van der Waals surface area (Å²) >= 11 is 13.3. The summed E-state index contributed by atoms with van der Waals surface area (Å²) in [5.74, 6) is 4.18. The van der Waals surface area contributed by atoms with Gasteiger partial charge in [-0.3, -0.25) is 4.57 Å². The van der Waals surface area contributed by atoms with Gasteiger partial charge in [-0.15, -0.1) is 12.4 Å². The Bertz CT molecular complexity index is 1150. The molecule has 1 atom stereocenters. The SMILES string of the molecule is COc1ccccc1N1CCN(P(=O)(C=C(Cl)c2ccccc2)/C=C(/Cl)c2ccccc2)CC1.Cl. The Morgan fingerprint density at radius 3 is 1.71 bits per heavy atom. The third kappa shape index (κ3) is 6.73. The molecular weight excluding hydrogens is 522 g/mol. The van der Waals surface area contributed by atoms with Gasteiger partial charge in [-0.05, 0) is 23.3 Å². The second-order valence-corrected chi connectivity index (χ2v) is 11.2. The molecule has 4 rings (SSSR count). The molecule has 184 valence electrons. The van der Waals surface area contributed by atoms with Crippen LogP contribution in [0.25, 0.3) is 10.1 Å². The van der Waals surface area contributed by atoms with Crippen molar-refractivity contribution >= 4 is 58.7 Å². The molecule has 0 amide bonds. The highest BCUT2D eigenvalue weighted by Gasteiger charge is 2.31. The lowest BCUT2D eigenvalue weighted by molar-refractivity contribution is 0.384. The molecule has 0 spiro atoms. The van der Waals surface area contributed by atoms with Crippen LogP contribution in [0, 0.1) is 0 Å². The van der Waals surface area contributed by atoms with E-state index in [9.17, 15) is 4.57 Å². The molecular formula is C27H28Cl3N2O2P. The molecule has 1 aliphatic heterocycles. The van der Waals surface area contributed by atoms with Crippen LogP contribution in [0.2, 0.25) is 0 Å². The van der Waals surface area contributed by atoms with Crippen LogP contribution in [0.5, 0.6) is 5.75 Å². The summed E-state index contributed by atoms with van der Waals surface area (Å²) in [5.41, 5.74) is 2.68. The molecule has 0 aliphatic carbocycles. The Labute approximate surface area is 223 Å². The number of halogens is 3. The standard InChI is InChI=1S/C27H27Cl2N2O2P.ClH/c1-33-27-15-9-8-14-26(27)30-16-18-31(19-17-30)34(32,20-24(28)22-10-4-2-5-11-22)21-25(29)23-12-6-3-7-13-23;/h2-15,20-21H,16-19H2,1H3;1H/b24-20+,25-21?;. The molecule has 1 saturated heterocycles. The van der Waals surface area contributed by atoms with Gasteiger partial charge in [0.1, 0.15) is 5.75 Å². The molecule has 0 N–H and O–H groups in total. The van der Waals surface area contributed by atoms with Crippen molar-refractivity contribution in [1.82, 2.24) is 4.67 Å². The van der Waals surface area contributed by atoms with Crippen molar-refractivity contribution in [3.63, 3.8) is 0 Å². The Morgan fingerprint density at radius 2 is 1.23 bits per heavy atom. The van der Waals surface area contributed by atoms with E-state index >= 15 is 0 Å². The van der Waals surface area contributed by atoms with Crippen molar-refractivity contribution in [2.45, 2.75) is 0 Å². The minimum Gasteiger partial charge on any atom is -0.495 e. The number of anilines is 1. The molecule has 1 heterocycles. The molecule has 3 aromatic carbocycles. The van der Waals surface area contributed by atoms with Crippen molar-refractivity contribution < 1.29 is 9.30 Å². The fourth-order valence-electron chi connectivity index (χ4n) is 4.01. The van der Waals surface area contributed by atoms with Crippen LogP contribution >= 0.6 is 42.9 Å². The highest BCUT2D eigenvalue weighted by Crippen LogP contribution is 2.57. The molecule has 3 aromatic rings. The van der Waals surface area contributed by atoms with E-state index < -0.39 is 7.29 Å². The molecule has 1 fully saturated rings. The number of hydrogen-bond donors (Lipinski definition) is 0. The number of para-hydroxylation sites is 2. The molecule has 0 saturated carbocycles. The Morgan fingerprint density at radius 1 is 0.771 bits per heavy atom. The van der Waals surface area contributed by atoms with Gasteiger partial charge in [-0.25, -0.2) is 4.67 Å². The van der Waals surface area contributed by atoms with Crippen LogP contribution in [0.3, 0.4) is 0 Å².